The lowest BCUT2D eigenvalue weighted by atomic mass is 9.89. The van der Waals surface area contributed by atoms with Crippen LogP contribution < -0.4 is 5.32 Å². The van der Waals surface area contributed by atoms with Crippen LogP contribution in [0.2, 0.25) is 0 Å². The lowest BCUT2D eigenvalue weighted by Gasteiger charge is -2.27. The van der Waals surface area contributed by atoms with Gasteiger partial charge in [-0.25, -0.2) is 0 Å². The van der Waals surface area contributed by atoms with Gasteiger partial charge in [0.05, 0.1) is 17.2 Å². The van der Waals surface area contributed by atoms with Gasteiger partial charge in [-0.05, 0) is 67.0 Å². The van der Waals surface area contributed by atoms with Crippen LogP contribution in [-0.2, 0) is 24.1 Å². The smallest absolute Gasteiger partial charge is 0.262 e. The van der Waals surface area contributed by atoms with Crippen molar-refractivity contribution in [2.75, 3.05) is 0 Å². The zero-order valence-corrected chi connectivity index (χ0v) is 19.3. The highest BCUT2D eigenvalue weighted by molar-refractivity contribution is 6.22. The number of hydrogen-bond donors (Lipinski definition) is 1. The Bertz CT molecular complexity index is 1220. The normalized spacial score (nSPS) is 16.6. The van der Waals surface area contributed by atoms with Gasteiger partial charge in [-0.3, -0.25) is 19.3 Å². The standard InChI is InChI=1S/C29H28N2O3/c1-19(22-16-15-21-11-5-6-12-23(21)18-22)30-27(32)26(17-20-9-3-2-4-10-20)31-28(33)24-13-7-8-14-25(24)29(31)34/h2-4,7-10,13-16,18-19,26H,5-6,11-12,17H2,1H3,(H,30,32)/t19-,26+/m1/s1. The van der Waals surface area contributed by atoms with Crippen LogP contribution in [0, 0.1) is 0 Å². The zero-order chi connectivity index (χ0) is 23.7. The van der Waals surface area contributed by atoms with Crippen molar-refractivity contribution in [2.45, 2.75) is 51.1 Å². The lowest BCUT2D eigenvalue weighted by Crippen LogP contribution is -2.51. The summed E-state index contributed by atoms with van der Waals surface area (Å²) in [4.78, 5) is 41.1. The van der Waals surface area contributed by atoms with Gasteiger partial charge in [-0.1, -0.05) is 60.7 Å². The van der Waals surface area contributed by atoms with Crippen molar-refractivity contribution < 1.29 is 14.4 Å². The minimum Gasteiger partial charge on any atom is -0.348 e. The Morgan fingerprint density at radius 1 is 0.853 bits per heavy atom. The van der Waals surface area contributed by atoms with Gasteiger partial charge in [0, 0.05) is 6.42 Å². The van der Waals surface area contributed by atoms with Crippen LogP contribution in [0.15, 0.2) is 72.8 Å². The van der Waals surface area contributed by atoms with Crippen molar-refractivity contribution in [2.24, 2.45) is 0 Å². The first-order valence-electron chi connectivity index (χ1n) is 12.0. The first-order chi connectivity index (χ1) is 16.5. The molecular formula is C29H28N2O3. The Morgan fingerprint density at radius 2 is 1.47 bits per heavy atom. The van der Waals surface area contributed by atoms with E-state index in [2.05, 4.69) is 23.5 Å². The van der Waals surface area contributed by atoms with Gasteiger partial charge < -0.3 is 5.32 Å². The summed E-state index contributed by atoms with van der Waals surface area (Å²) in [7, 11) is 0. The first-order valence-corrected chi connectivity index (χ1v) is 12.0. The van der Waals surface area contributed by atoms with E-state index in [0.29, 0.717) is 11.1 Å². The molecule has 2 atom stereocenters. The largest absolute Gasteiger partial charge is 0.348 e. The molecule has 0 saturated heterocycles. The van der Waals surface area contributed by atoms with E-state index in [1.165, 1.54) is 24.0 Å². The summed E-state index contributed by atoms with van der Waals surface area (Å²) in [5, 5.41) is 3.08. The summed E-state index contributed by atoms with van der Waals surface area (Å²) >= 11 is 0. The molecule has 3 aromatic carbocycles. The number of imide groups is 1. The van der Waals surface area contributed by atoms with Crippen LogP contribution in [0.25, 0.3) is 0 Å². The number of nitrogens with zero attached hydrogens (tertiary/aromatic N) is 1. The van der Waals surface area contributed by atoms with Gasteiger partial charge >= 0.3 is 0 Å². The monoisotopic (exact) mass is 452 g/mol. The second-order valence-corrected chi connectivity index (χ2v) is 9.20. The molecule has 0 fully saturated rings. The summed E-state index contributed by atoms with van der Waals surface area (Å²) in [6.45, 7) is 1.95. The maximum Gasteiger partial charge on any atom is 0.262 e. The predicted octanol–water partition coefficient (Wildman–Crippen LogP) is 4.65. The van der Waals surface area contributed by atoms with E-state index in [0.717, 1.165) is 28.9 Å². The van der Waals surface area contributed by atoms with Crippen LogP contribution in [-0.4, -0.2) is 28.7 Å². The van der Waals surface area contributed by atoms with E-state index in [9.17, 15) is 14.4 Å². The molecule has 0 unspecified atom stereocenters. The molecule has 5 nitrogen and oxygen atoms in total. The van der Waals surface area contributed by atoms with Gasteiger partial charge in [0.1, 0.15) is 6.04 Å². The number of hydrogen-bond acceptors (Lipinski definition) is 3. The van der Waals surface area contributed by atoms with Gasteiger partial charge in [0.25, 0.3) is 11.8 Å². The van der Waals surface area contributed by atoms with Gasteiger partial charge in [-0.15, -0.1) is 0 Å². The Hall–Kier alpha value is -3.73. The molecule has 5 rings (SSSR count). The number of carbonyl (C=O) groups is 3. The maximum atomic E-state index is 13.6. The van der Waals surface area contributed by atoms with Gasteiger partial charge in [0.2, 0.25) is 5.91 Å². The summed E-state index contributed by atoms with van der Waals surface area (Å²) in [6, 6.07) is 21.5. The van der Waals surface area contributed by atoms with Crippen molar-refractivity contribution >= 4 is 17.7 Å². The Balaban J connectivity index is 1.42. The Kier molecular flexibility index (Phi) is 6.01. The highest BCUT2D eigenvalue weighted by Gasteiger charge is 2.42. The van der Waals surface area contributed by atoms with E-state index in [1.54, 1.807) is 24.3 Å². The molecule has 5 heteroatoms. The van der Waals surface area contributed by atoms with E-state index in [-0.39, 0.29) is 18.4 Å². The van der Waals surface area contributed by atoms with E-state index < -0.39 is 17.9 Å². The molecule has 1 aliphatic carbocycles. The fourth-order valence-corrected chi connectivity index (χ4v) is 5.05. The average Bonchev–Trinajstić information content (AvgIpc) is 3.12. The molecule has 1 aliphatic heterocycles. The Morgan fingerprint density at radius 3 is 2.15 bits per heavy atom. The number of rotatable bonds is 6. The van der Waals surface area contributed by atoms with E-state index >= 15 is 0 Å². The van der Waals surface area contributed by atoms with Crippen LogP contribution in [0.4, 0.5) is 0 Å². The first kappa shape index (κ1) is 22.1. The molecule has 0 radical (unpaired) electrons. The van der Waals surface area contributed by atoms with Gasteiger partial charge in [-0.2, -0.15) is 0 Å². The quantitative estimate of drug-likeness (QED) is 0.554. The summed E-state index contributed by atoms with van der Waals surface area (Å²) in [5.41, 5.74) is 5.37. The van der Waals surface area contributed by atoms with Gasteiger partial charge in [0.15, 0.2) is 0 Å². The molecule has 172 valence electrons. The van der Waals surface area contributed by atoms with Crippen molar-refractivity contribution in [3.8, 4) is 0 Å². The van der Waals surface area contributed by atoms with E-state index in [4.69, 9.17) is 0 Å². The van der Waals surface area contributed by atoms with Crippen LogP contribution in [0.1, 0.15) is 68.8 Å². The lowest BCUT2D eigenvalue weighted by molar-refractivity contribution is -0.125. The molecule has 0 saturated carbocycles. The Labute approximate surface area is 199 Å². The molecule has 2 aliphatic rings. The topological polar surface area (TPSA) is 66.5 Å². The molecule has 1 heterocycles. The highest BCUT2D eigenvalue weighted by atomic mass is 16.2. The number of fused-ring (bicyclic) bond motifs is 2. The zero-order valence-electron chi connectivity index (χ0n) is 19.3. The predicted molar refractivity (Wildman–Crippen MR) is 131 cm³/mol. The number of nitrogens with one attached hydrogen (secondary N) is 1. The number of benzene rings is 3. The highest BCUT2D eigenvalue weighted by Crippen LogP contribution is 2.28. The van der Waals surface area contributed by atoms with Crippen molar-refractivity contribution in [3.05, 3.63) is 106 Å². The molecule has 34 heavy (non-hydrogen) atoms. The summed E-state index contributed by atoms with van der Waals surface area (Å²) < 4.78 is 0. The third-order valence-corrected chi connectivity index (χ3v) is 6.94. The van der Waals surface area contributed by atoms with Crippen molar-refractivity contribution in [3.63, 3.8) is 0 Å². The second kappa shape index (κ2) is 9.26. The number of aryl methyl sites for hydroxylation is 2. The van der Waals surface area contributed by atoms with Crippen LogP contribution in [0.5, 0.6) is 0 Å². The van der Waals surface area contributed by atoms with Crippen molar-refractivity contribution in [1.82, 2.24) is 10.2 Å². The van der Waals surface area contributed by atoms with Crippen molar-refractivity contribution in [1.29, 1.82) is 0 Å². The maximum absolute atomic E-state index is 13.6. The summed E-state index contributed by atoms with van der Waals surface area (Å²) in [5.74, 6) is -1.17. The van der Waals surface area contributed by atoms with Crippen LogP contribution in [0.3, 0.4) is 0 Å². The molecular weight excluding hydrogens is 424 g/mol. The summed E-state index contributed by atoms with van der Waals surface area (Å²) in [6.07, 6.45) is 4.84. The van der Waals surface area contributed by atoms with Crippen LogP contribution >= 0.6 is 0 Å². The second-order valence-electron chi connectivity index (χ2n) is 9.20. The molecule has 3 aromatic rings. The molecule has 3 amide bonds. The number of carbonyl (C=O) groups excluding carboxylic acids is 3. The minimum absolute atomic E-state index is 0.242. The average molecular weight is 453 g/mol. The third kappa shape index (κ3) is 4.14. The number of amides is 3. The molecule has 0 aromatic heterocycles. The third-order valence-electron chi connectivity index (χ3n) is 6.94. The van der Waals surface area contributed by atoms with E-state index in [1.807, 2.05) is 37.3 Å². The minimum atomic E-state index is -0.935. The molecule has 1 N–H and O–H groups in total. The fraction of sp³-hybridized carbons (Fsp3) is 0.276. The molecule has 0 spiro atoms. The molecule has 0 bridgehead atoms. The fourth-order valence-electron chi connectivity index (χ4n) is 5.05. The SMILES string of the molecule is C[C@@H](NC(=O)[C@H](Cc1ccccc1)N1C(=O)c2ccccc2C1=O)c1ccc2c(c1)CCCC2.